The predicted molar refractivity (Wildman–Crippen MR) is 125 cm³/mol. The number of benzene rings is 3. The van der Waals surface area contributed by atoms with E-state index in [0.717, 1.165) is 5.56 Å². The number of nitrogens with zero attached hydrogens (tertiary/aromatic N) is 1. The summed E-state index contributed by atoms with van der Waals surface area (Å²) in [5.74, 6) is -0.346. The Labute approximate surface area is 196 Å². The van der Waals surface area contributed by atoms with Crippen LogP contribution >= 0.6 is 0 Å². The van der Waals surface area contributed by atoms with Crippen LogP contribution in [-0.2, 0) is 21.5 Å². The Bertz CT molecular complexity index is 1190. The molecule has 4 rings (SSSR count). The number of hydrogen-bond acceptors (Lipinski definition) is 4. The van der Waals surface area contributed by atoms with E-state index in [0.29, 0.717) is 41.1 Å². The summed E-state index contributed by atoms with van der Waals surface area (Å²) >= 11 is 0. The molecule has 176 valence electrons. The van der Waals surface area contributed by atoms with Crippen molar-refractivity contribution in [1.29, 1.82) is 0 Å². The molecule has 1 heterocycles. The molecule has 0 amide bonds. The number of alkyl halides is 2. The van der Waals surface area contributed by atoms with Crippen molar-refractivity contribution in [3.63, 3.8) is 0 Å². The number of ether oxygens (including phenoxy) is 2. The minimum Gasteiger partial charge on any atom is -0.497 e. The zero-order valence-corrected chi connectivity index (χ0v) is 18.8. The van der Waals surface area contributed by atoms with Gasteiger partial charge >= 0.3 is 5.97 Å². The lowest BCUT2D eigenvalue weighted by Gasteiger charge is -2.49. The molecule has 1 aliphatic heterocycles. The van der Waals surface area contributed by atoms with Crippen molar-refractivity contribution in [2.24, 2.45) is 0 Å². The van der Waals surface area contributed by atoms with E-state index in [2.05, 4.69) is 4.74 Å². The fourth-order valence-corrected chi connectivity index (χ4v) is 4.54. The molecule has 0 saturated carbocycles. The summed E-state index contributed by atoms with van der Waals surface area (Å²) < 4.78 is 54.2. The third-order valence-electron chi connectivity index (χ3n) is 6.17. The Hall–Kier alpha value is -3.74. The van der Waals surface area contributed by atoms with Gasteiger partial charge in [0.25, 0.3) is 6.43 Å². The lowest BCUT2D eigenvalue weighted by Crippen LogP contribution is -2.56. The van der Waals surface area contributed by atoms with Gasteiger partial charge in [-0.3, -0.25) is 0 Å². The lowest BCUT2D eigenvalue weighted by atomic mass is 9.75. The van der Waals surface area contributed by atoms with Crippen LogP contribution < -0.4 is 9.64 Å². The second-order valence-corrected chi connectivity index (χ2v) is 7.95. The van der Waals surface area contributed by atoms with Gasteiger partial charge in [0, 0.05) is 18.3 Å². The first-order valence-electron chi connectivity index (χ1n) is 10.8. The maximum Gasteiger partial charge on any atom is 0.330 e. The normalized spacial score (nSPS) is 17.6. The molecule has 3 aromatic rings. The first-order chi connectivity index (χ1) is 16.4. The van der Waals surface area contributed by atoms with Crippen LogP contribution in [0, 0.1) is 5.82 Å². The monoisotopic (exact) mass is 467 g/mol. The van der Waals surface area contributed by atoms with E-state index in [4.69, 9.17) is 4.74 Å². The van der Waals surface area contributed by atoms with Crippen molar-refractivity contribution in [3.05, 3.63) is 101 Å². The maximum atomic E-state index is 15.3. The number of esters is 1. The highest BCUT2D eigenvalue weighted by molar-refractivity contribution is 5.86. The molecule has 34 heavy (non-hydrogen) atoms. The molecular weight excluding hydrogens is 443 g/mol. The van der Waals surface area contributed by atoms with Crippen molar-refractivity contribution in [2.45, 2.75) is 18.4 Å². The average molecular weight is 467 g/mol. The fourth-order valence-electron chi connectivity index (χ4n) is 4.54. The van der Waals surface area contributed by atoms with Crippen molar-refractivity contribution < 1.29 is 27.4 Å². The van der Waals surface area contributed by atoms with Crippen LogP contribution in [0.15, 0.2) is 72.8 Å². The molecule has 0 radical (unpaired) electrons. The Balaban J connectivity index is 1.90. The molecule has 7 heteroatoms. The Morgan fingerprint density at radius 3 is 2.35 bits per heavy atom. The summed E-state index contributed by atoms with van der Waals surface area (Å²) in [5, 5.41) is 0. The number of methoxy groups -OCH3 is 2. The van der Waals surface area contributed by atoms with Crippen LogP contribution in [0.1, 0.15) is 22.3 Å². The highest BCUT2D eigenvalue weighted by Crippen LogP contribution is 2.48. The Morgan fingerprint density at radius 2 is 1.74 bits per heavy atom. The van der Waals surface area contributed by atoms with Gasteiger partial charge in [0.1, 0.15) is 11.6 Å². The van der Waals surface area contributed by atoms with Crippen molar-refractivity contribution >= 4 is 17.7 Å². The number of carbonyl (C=O) groups is 1. The van der Waals surface area contributed by atoms with Crippen molar-refractivity contribution in [3.8, 4) is 5.75 Å². The summed E-state index contributed by atoms with van der Waals surface area (Å²) in [7, 11) is 2.82. The van der Waals surface area contributed by atoms with Gasteiger partial charge in [0.05, 0.1) is 14.2 Å². The van der Waals surface area contributed by atoms with Gasteiger partial charge in [-0.1, -0.05) is 30.3 Å². The van der Waals surface area contributed by atoms with Gasteiger partial charge in [-0.15, -0.1) is 0 Å². The maximum absolute atomic E-state index is 15.3. The van der Waals surface area contributed by atoms with Crippen LogP contribution in [-0.4, -0.2) is 33.2 Å². The Morgan fingerprint density at radius 1 is 1.03 bits per heavy atom. The van der Waals surface area contributed by atoms with E-state index < -0.39 is 23.8 Å². The molecule has 1 aliphatic rings. The molecule has 0 bridgehead atoms. The molecule has 1 atom stereocenters. The van der Waals surface area contributed by atoms with Crippen LogP contribution in [0.25, 0.3) is 6.08 Å². The third kappa shape index (κ3) is 4.14. The highest BCUT2D eigenvalue weighted by Gasteiger charge is 2.51. The van der Waals surface area contributed by atoms with Crippen LogP contribution in [0.3, 0.4) is 0 Å². The third-order valence-corrected chi connectivity index (χ3v) is 6.17. The van der Waals surface area contributed by atoms with Gasteiger partial charge in [-0.05, 0) is 71.1 Å². The average Bonchev–Trinajstić information content (AvgIpc) is 2.86. The summed E-state index contributed by atoms with van der Waals surface area (Å²) in [6, 6.07) is 17.4. The standard InChI is InChI=1S/C27H24F3NO3/c1-33-23-12-13-24-19(17-23)15-16-31(22-10-8-21(28)9-11-22)27(24,26(29)30)20-6-3-18(4-7-20)5-14-25(32)34-2/h3-14,17,26H,15-16H2,1-2H3/b14-5+. The van der Waals surface area contributed by atoms with Crippen molar-refractivity contribution in [1.82, 2.24) is 0 Å². The van der Waals surface area contributed by atoms with E-state index in [-0.39, 0.29) is 0 Å². The van der Waals surface area contributed by atoms with Gasteiger partial charge in [-0.25, -0.2) is 18.0 Å². The molecule has 0 saturated heterocycles. The van der Waals surface area contributed by atoms with E-state index >= 15 is 8.78 Å². The predicted octanol–water partition coefficient (Wildman–Crippen LogP) is 5.59. The van der Waals surface area contributed by atoms with E-state index in [1.165, 1.54) is 44.6 Å². The van der Waals surface area contributed by atoms with E-state index in [1.807, 2.05) is 0 Å². The van der Waals surface area contributed by atoms with Gasteiger partial charge in [0.2, 0.25) is 0 Å². The molecule has 0 spiro atoms. The van der Waals surface area contributed by atoms with Crippen LogP contribution in [0.4, 0.5) is 18.9 Å². The highest BCUT2D eigenvalue weighted by atomic mass is 19.3. The molecule has 4 nitrogen and oxygen atoms in total. The fraction of sp³-hybridized carbons (Fsp3) is 0.222. The molecule has 0 fully saturated rings. The molecule has 0 aliphatic carbocycles. The Kier molecular flexibility index (Phi) is 6.63. The summed E-state index contributed by atoms with van der Waals surface area (Å²) in [6.07, 6.45) is 0.548. The molecule has 0 aromatic heterocycles. The smallest absolute Gasteiger partial charge is 0.330 e. The van der Waals surface area contributed by atoms with Crippen LogP contribution in [0.2, 0.25) is 0 Å². The van der Waals surface area contributed by atoms with Crippen LogP contribution in [0.5, 0.6) is 5.75 Å². The molecule has 3 aromatic carbocycles. The second-order valence-electron chi connectivity index (χ2n) is 7.95. The first-order valence-corrected chi connectivity index (χ1v) is 10.8. The number of carbonyl (C=O) groups excluding carboxylic acids is 1. The van der Waals surface area contributed by atoms with E-state index in [1.54, 1.807) is 53.4 Å². The van der Waals surface area contributed by atoms with E-state index in [9.17, 15) is 9.18 Å². The number of halogens is 3. The number of anilines is 1. The summed E-state index contributed by atoms with van der Waals surface area (Å²) in [4.78, 5) is 13.0. The van der Waals surface area contributed by atoms with Gasteiger partial charge in [-0.2, -0.15) is 0 Å². The minimum atomic E-state index is -2.80. The van der Waals surface area contributed by atoms with Crippen molar-refractivity contribution in [2.75, 3.05) is 25.7 Å². The number of fused-ring (bicyclic) bond motifs is 1. The zero-order valence-electron chi connectivity index (χ0n) is 18.8. The number of rotatable bonds is 6. The molecular formula is C27H24F3NO3. The lowest BCUT2D eigenvalue weighted by molar-refractivity contribution is -0.134. The van der Waals surface area contributed by atoms with Gasteiger partial charge < -0.3 is 14.4 Å². The molecule has 0 N–H and O–H groups in total. The summed E-state index contributed by atoms with van der Waals surface area (Å²) in [5.41, 5.74) is 0.982. The second kappa shape index (κ2) is 9.63. The molecule has 1 unspecified atom stereocenters. The SMILES string of the molecule is COC(=O)/C=C/c1ccc(C2(C(F)F)c3ccc(OC)cc3CCN2c2ccc(F)cc2)cc1. The quantitative estimate of drug-likeness (QED) is 0.350. The minimum absolute atomic E-state index is 0.306. The number of hydrogen-bond donors (Lipinski definition) is 0. The van der Waals surface area contributed by atoms with Gasteiger partial charge in [0.15, 0.2) is 5.54 Å². The zero-order chi connectivity index (χ0) is 24.3. The first kappa shape index (κ1) is 23.4. The topological polar surface area (TPSA) is 38.8 Å². The summed E-state index contributed by atoms with van der Waals surface area (Å²) in [6.45, 7) is 0.306. The largest absolute Gasteiger partial charge is 0.497 e.